The maximum atomic E-state index is 10.3. The van der Waals surface area contributed by atoms with Crippen LogP contribution < -0.4 is 0 Å². The Labute approximate surface area is 306 Å². The number of allylic oxidation sites excluding steroid dienone is 18. The Morgan fingerprint density at radius 3 is 2.43 bits per heavy atom. The van der Waals surface area contributed by atoms with Gasteiger partial charge in [0.05, 0.1) is 18.2 Å². The van der Waals surface area contributed by atoms with Crippen LogP contribution in [0.2, 0.25) is 0 Å². The van der Waals surface area contributed by atoms with Crippen LogP contribution in [0.3, 0.4) is 0 Å². The lowest BCUT2D eigenvalue weighted by molar-refractivity contribution is 0.173. The van der Waals surface area contributed by atoms with Crippen molar-refractivity contribution in [2.75, 3.05) is 0 Å². The topological polar surface area (TPSA) is 50.8 Å². The highest BCUT2D eigenvalue weighted by atomic mass is 15.2. The third-order valence-electron chi connectivity index (χ3n) is 14.1. The minimum atomic E-state index is 0.310. The summed E-state index contributed by atoms with van der Waals surface area (Å²) in [5.41, 5.74) is 10.8. The molecule has 260 valence electrons. The lowest BCUT2D eigenvalue weighted by Gasteiger charge is -2.45. The summed E-state index contributed by atoms with van der Waals surface area (Å²) in [5, 5.41) is 20.6. The fourth-order valence-electron chi connectivity index (χ4n) is 11.7. The molecular weight excluding hydrogens is 619 g/mol. The van der Waals surface area contributed by atoms with Crippen molar-refractivity contribution < 1.29 is 0 Å². The summed E-state index contributed by atoms with van der Waals surface area (Å²) in [5.74, 6) is 3.57. The smallest absolute Gasteiger partial charge is 0.0947 e. The molecule has 0 amide bonds. The summed E-state index contributed by atoms with van der Waals surface area (Å²) in [6.45, 7) is 0. The second-order valence-corrected chi connectivity index (χ2v) is 17.0. The molecular formula is C48H53N3. The normalized spacial score (nSPS) is 36.0. The SMILES string of the molecule is N#CC1=CC(C2CCCCC2)CC(C2=CC(N3C4=C(CCC=C4)C4CC5C=CC=CC5=CC43)CC(C3C=C(C4=CCCC=C4)C=C(C#N)C3)C2)C1. The molecule has 1 aliphatic heterocycles. The summed E-state index contributed by atoms with van der Waals surface area (Å²) in [6.07, 6.45) is 51.0. The molecule has 0 aromatic carbocycles. The van der Waals surface area contributed by atoms with Crippen LogP contribution in [0.1, 0.15) is 96.3 Å². The highest BCUT2D eigenvalue weighted by Crippen LogP contribution is 2.52. The molecule has 0 bridgehead atoms. The van der Waals surface area contributed by atoms with Gasteiger partial charge in [0.2, 0.25) is 0 Å². The summed E-state index contributed by atoms with van der Waals surface area (Å²) in [6, 6.07) is 5.96. The number of hydrogen-bond acceptors (Lipinski definition) is 3. The number of nitrogens with zero attached hydrogens (tertiary/aromatic N) is 3. The van der Waals surface area contributed by atoms with Gasteiger partial charge in [-0.05, 0) is 141 Å². The van der Waals surface area contributed by atoms with E-state index in [1.807, 2.05) is 0 Å². The molecule has 1 fully saturated rings. The average Bonchev–Trinajstić information content (AvgIpc) is 3.53. The highest BCUT2D eigenvalue weighted by Gasteiger charge is 2.47. The zero-order valence-corrected chi connectivity index (χ0v) is 30.2. The molecule has 3 heteroatoms. The molecule has 0 N–H and O–H groups in total. The van der Waals surface area contributed by atoms with Crippen molar-refractivity contribution in [2.45, 2.75) is 108 Å². The first-order chi connectivity index (χ1) is 25.1. The Hall–Kier alpha value is -4.08. The van der Waals surface area contributed by atoms with Crippen molar-refractivity contribution in [3.05, 3.63) is 130 Å². The van der Waals surface area contributed by atoms with Crippen molar-refractivity contribution >= 4 is 0 Å². The zero-order valence-electron chi connectivity index (χ0n) is 30.2. The van der Waals surface area contributed by atoms with Gasteiger partial charge in [-0.25, -0.2) is 0 Å². The van der Waals surface area contributed by atoms with E-state index in [2.05, 4.69) is 102 Å². The maximum Gasteiger partial charge on any atom is 0.0947 e. The molecule has 51 heavy (non-hydrogen) atoms. The summed E-state index contributed by atoms with van der Waals surface area (Å²) in [4.78, 5) is 2.86. The van der Waals surface area contributed by atoms with E-state index in [4.69, 9.17) is 0 Å². The molecule has 3 nitrogen and oxygen atoms in total. The highest BCUT2D eigenvalue weighted by molar-refractivity contribution is 5.53. The van der Waals surface area contributed by atoms with Crippen LogP contribution in [0.15, 0.2) is 130 Å². The molecule has 9 rings (SSSR count). The van der Waals surface area contributed by atoms with Crippen LogP contribution >= 0.6 is 0 Å². The maximum absolute atomic E-state index is 10.3. The Balaban J connectivity index is 1.10. The third-order valence-corrected chi connectivity index (χ3v) is 14.1. The molecule has 0 spiro atoms. The van der Waals surface area contributed by atoms with E-state index in [1.165, 1.54) is 73.8 Å². The average molecular weight is 672 g/mol. The van der Waals surface area contributed by atoms with Gasteiger partial charge in [-0.15, -0.1) is 0 Å². The first kappa shape index (κ1) is 32.8. The van der Waals surface area contributed by atoms with Gasteiger partial charge in [0.25, 0.3) is 0 Å². The van der Waals surface area contributed by atoms with Gasteiger partial charge in [-0.1, -0.05) is 97.7 Å². The van der Waals surface area contributed by atoms with E-state index in [1.54, 1.807) is 11.1 Å². The zero-order chi connectivity index (χ0) is 34.3. The van der Waals surface area contributed by atoms with Crippen molar-refractivity contribution in [3.63, 3.8) is 0 Å². The first-order valence-corrected chi connectivity index (χ1v) is 20.4. The minimum absolute atomic E-state index is 0.310. The van der Waals surface area contributed by atoms with Crippen LogP contribution in [0.4, 0.5) is 0 Å². The van der Waals surface area contributed by atoms with Crippen molar-refractivity contribution in [1.82, 2.24) is 4.90 Å². The van der Waals surface area contributed by atoms with Crippen LogP contribution in [0, 0.1) is 64.1 Å². The Kier molecular flexibility index (Phi) is 9.10. The predicted molar refractivity (Wildman–Crippen MR) is 206 cm³/mol. The van der Waals surface area contributed by atoms with E-state index < -0.39 is 0 Å². The first-order valence-electron chi connectivity index (χ1n) is 20.4. The van der Waals surface area contributed by atoms with E-state index in [0.717, 1.165) is 62.0 Å². The fraction of sp³-hybridized carbons (Fsp3) is 0.500. The molecule has 8 aliphatic carbocycles. The van der Waals surface area contributed by atoms with Gasteiger partial charge in [0.1, 0.15) is 0 Å². The molecule has 0 saturated heterocycles. The second kappa shape index (κ2) is 14.2. The number of rotatable bonds is 5. The summed E-state index contributed by atoms with van der Waals surface area (Å²) < 4.78 is 0. The van der Waals surface area contributed by atoms with Gasteiger partial charge >= 0.3 is 0 Å². The standard InChI is InChI=1S/C48H53N3/c49-30-32-19-38(34-11-3-1-4-12-34)23-40(21-32)42-25-43(41-22-33(31-50)20-39(24-41)35-13-5-2-6-14-35)27-44(26-42)51-47-18-10-9-17-45(47)46-28-36-15-7-8-16-37(36)29-48(46)51/h3,7-8,10-12,15-16,18-20,23,27,29,35-36,39-42,44,46,48H,1-2,4-6,9,13-14,17,21-22,24-26,28H2. The number of hydrogen-bond donors (Lipinski definition) is 0. The molecule has 1 heterocycles. The van der Waals surface area contributed by atoms with Crippen molar-refractivity contribution in [1.29, 1.82) is 10.5 Å². The Morgan fingerprint density at radius 1 is 0.706 bits per heavy atom. The molecule has 0 aromatic heterocycles. The van der Waals surface area contributed by atoms with Crippen LogP contribution in [-0.2, 0) is 0 Å². The predicted octanol–water partition coefficient (Wildman–Crippen LogP) is 11.4. The van der Waals surface area contributed by atoms with Crippen LogP contribution in [0.5, 0.6) is 0 Å². The van der Waals surface area contributed by atoms with E-state index in [9.17, 15) is 10.5 Å². The molecule has 8 atom stereocenters. The molecule has 0 aromatic rings. The van der Waals surface area contributed by atoms with Gasteiger partial charge in [-0.3, -0.25) is 0 Å². The van der Waals surface area contributed by atoms with Gasteiger partial charge in [0.15, 0.2) is 0 Å². The fourth-order valence-corrected chi connectivity index (χ4v) is 11.7. The van der Waals surface area contributed by atoms with E-state index in [-0.39, 0.29) is 0 Å². The quantitative estimate of drug-likeness (QED) is 0.273. The second-order valence-electron chi connectivity index (χ2n) is 17.0. The Morgan fingerprint density at radius 2 is 1.59 bits per heavy atom. The van der Waals surface area contributed by atoms with Gasteiger partial charge < -0.3 is 4.90 Å². The third kappa shape index (κ3) is 6.37. The molecule has 0 radical (unpaired) electrons. The molecule has 9 aliphatic rings. The monoisotopic (exact) mass is 671 g/mol. The minimum Gasteiger partial charge on any atom is -0.358 e. The van der Waals surface area contributed by atoms with Gasteiger partial charge in [-0.2, -0.15) is 10.5 Å². The molecule has 8 unspecified atom stereocenters. The van der Waals surface area contributed by atoms with Crippen molar-refractivity contribution in [3.8, 4) is 12.1 Å². The lowest BCUT2D eigenvalue weighted by atomic mass is 9.65. The van der Waals surface area contributed by atoms with Crippen molar-refractivity contribution in [2.24, 2.45) is 41.4 Å². The van der Waals surface area contributed by atoms with Gasteiger partial charge in [0, 0.05) is 34.7 Å². The largest absolute Gasteiger partial charge is 0.358 e. The van der Waals surface area contributed by atoms with Crippen LogP contribution in [0.25, 0.3) is 0 Å². The number of fused-ring (bicyclic) bond motifs is 3. The molecule has 1 saturated carbocycles. The lowest BCUT2D eigenvalue weighted by Crippen LogP contribution is -2.45. The summed E-state index contributed by atoms with van der Waals surface area (Å²) in [7, 11) is 0. The van der Waals surface area contributed by atoms with E-state index in [0.29, 0.717) is 47.6 Å². The Bertz CT molecular complexity index is 1860. The van der Waals surface area contributed by atoms with E-state index >= 15 is 0 Å². The number of nitriles is 2. The summed E-state index contributed by atoms with van der Waals surface area (Å²) >= 11 is 0. The van der Waals surface area contributed by atoms with Crippen LogP contribution in [-0.4, -0.2) is 17.0 Å².